The SMILES string of the molecule is CC[C@H](C)C(=O)N1Cc2ccccc2C[C@H]1C(=O)NCC(=O)Nc1c(C)cc(C)cc1C. The van der Waals surface area contributed by atoms with Crippen molar-refractivity contribution in [2.24, 2.45) is 5.92 Å². The summed E-state index contributed by atoms with van der Waals surface area (Å²) in [5, 5.41) is 5.66. The molecule has 6 nitrogen and oxygen atoms in total. The molecule has 1 aliphatic rings. The van der Waals surface area contributed by atoms with Crippen LogP contribution < -0.4 is 10.6 Å². The lowest BCUT2D eigenvalue weighted by Gasteiger charge is -2.37. The molecule has 6 heteroatoms. The third kappa shape index (κ3) is 5.18. The Morgan fingerprint density at radius 3 is 2.31 bits per heavy atom. The number of carbonyl (C=O) groups is 3. The number of nitrogens with zero attached hydrogens (tertiary/aromatic N) is 1. The second kappa shape index (κ2) is 9.98. The fourth-order valence-electron chi connectivity index (χ4n) is 4.29. The molecule has 0 spiro atoms. The molecule has 0 aromatic heterocycles. The summed E-state index contributed by atoms with van der Waals surface area (Å²) in [6, 6.07) is 11.3. The normalized spacial score (nSPS) is 16.2. The molecule has 170 valence electrons. The molecule has 2 aromatic rings. The van der Waals surface area contributed by atoms with Crippen molar-refractivity contribution in [1.82, 2.24) is 10.2 Å². The van der Waals surface area contributed by atoms with Crippen LogP contribution in [0.15, 0.2) is 36.4 Å². The van der Waals surface area contributed by atoms with Gasteiger partial charge in [-0.15, -0.1) is 0 Å². The van der Waals surface area contributed by atoms with Crippen molar-refractivity contribution >= 4 is 23.4 Å². The minimum atomic E-state index is -0.623. The average Bonchev–Trinajstić information content (AvgIpc) is 2.77. The number of hydrogen-bond acceptors (Lipinski definition) is 3. The van der Waals surface area contributed by atoms with Crippen LogP contribution in [0.4, 0.5) is 5.69 Å². The quantitative estimate of drug-likeness (QED) is 0.727. The first-order valence-corrected chi connectivity index (χ1v) is 11.2. The highest BCUT2D eigenvalue weighted by Gasteiger charge is 2.35. The summed E-state index contributed by atoms with van der Waals surface area (Å²) in [6.45, 7) is 10.0. The van der Waals surface area contributed by atoms with Crippen LogP contribution >= 0.6 is 0 Å². The number of carbonyl (C=O) groups excluding carboxylic acids is 3. The van der Waals surface area contributed by atoms with Crippen LogP contribution in [0.3, 0.4) is 0 Å². The summed E-state index contributed by atoms with van der Waals surface area (Å²) < 4.78 is 0. The largest absolute Gasteiger partial charge is 0.345 e. The maximum absolute atomic E-state index is 13.1. The summed E-state index contributed by atoms with van der Waals surface area (Å²) in [4.78, 5) is 40.3. The maximum Gasteiger partial charge on any atom is 0.243 e. The fourth-order valence-corrected chi connectivity index (χ4v) is 4.29. The van der Waals surface area contributed by atoms with Crippen LogP contribution in [-0.4, -0.2) is 35.2 Å². The molecule has 3 amide bonds. The molecule has 0 saturated heterocycles. The Bertz CT molecular complexity index is 1010. The molecule has 2 aromatic carbocycles. The Balaban J connectivity index is 1.70. The lowest BCUT2D eigenvalue weighted by atomic mass is 9.92. The first-order valence-electron chi connectivity index (χ1n) is 11.2. The molecule has 0 fully saturated rings. The van der Waals surface area contributed by atoms with Crippen LogP contribution in [0.25, 0.3) is 0 Å². The molecule has 2 atom stereocenters. The maximum atomic E-state index is 13.1. The smallest absolute Gasteiger partial charge is 0.243 e. The van der Waals surface area contributed by atoms with E-state index in [2.05, 4.69) is 10.6 Å². The number of rotatable bonds is 6. The predicted molar refractivity (Wildman–Crippen MR) is 126 cm³/mol. The van der Waals surface area contributed by atoms with Gasteiger partial charge in [-0.25, -0.2) is 0 Å². The van der Waals surface area contributed by atoms with E-state index in [0.29, 0.717) is 19.4 Å². The van der Waals surface area contributed by atoms with Crippen molar-refractivity contribution in [3.8, 4) is 0 Å². The zero-order valence-corrected chi connectivity index (χ0v) is 19.6. The van der Waals surface area contributed by atoms with Gasteiger partial charge in [-0.1, -0.05) is 55.8 Å². The summed E-state index contributed by atoms with van der Waals surface area (Å²) in [7, 11) is 0. The molecule has 0 bridgehead atoms. The van der Waals surface area contributed by atoms with E-state index in [-0.39, 0.29) is 30.2 Å². The van der Waals surface area contributed by atoms with Gasteiger partial charge in [-0.05, 0) is 49.4 Å². The minimum absolute atomic E-state index is 0.0301. The van der Waals surface area contributed by atoms with Crippen molar-refractivity contribution < 1.29 is 14.4 Å². The number of nitrogens with one attached hydrogen (secondary N) is 2. The highest BCUT2D eigenvalue weighted by atomic mass is 16.2. The van der Waals surface area contributed by atoms with Gasteiger partial charge in [0.2, 0.25) is 17.7 Å². The fraction of sp³-hybridized carbons (Fsp3) is 0.423. The molecule has 2 N–H and O–H groups in total. The van der Waals surface area contributed by atoms with Crippen molar-refractivity contribution in [2.45, 2.75) is 60.0 Å². The van der Waals surface area contributed by atoms with E-state index in [1.54, 1.807) is 4.90 Å². The Labute approximate surface area is 190 Å². The molecular weight excluding hydrogens is 402 g/mol. The Morgan fingerprint density at radius 1 is 1.06 bits per heavy atom. The highest BCUT2D eigenvalue weighted by Crippen LogP contribution is 2.26. The standard InChI is InChI=1S/C26H33N3O3/c1-6-17(3)26(32)29-15-21-10-8-7-9-20(21)13-22(29)25(31)27-14-23(30)28-24-18(4)11-16(2)12-19(24)5/h7-12,17,22H,6,13-15H2,1-5H3,(H,27,31)(H,28,30)/t17-,22-/m0/s1. The molecule has 0 radical (unpaired) electrons. The van der Waals surface area contributed by atoms with Crippen molar-refractivity contribution in [3.05, 3.63) is 64.2 Å². The van der Waals surface area contributed by atoms with E-state index in [0.717, 1.165) is 33.5 Å². The van der Waals surface area contributed by atoms with Crippen LogP contribution in [0.5, 0.6) is 0 Å². The van der Waals surface area contributed by atoms with Gasteiger partial charge >= 0.3 is 0 Å². The Morgan fingerprint density at radius 2 is 1.69 bits per heavy atom. The monoisotopic (exact) mass is 435 g/mol. The molecule has 0 unspecified atom stereocenters. The number of aryl methyl sites for hydroxylation is 3. The van der Waals surface area contributed by atoms with Crippen molar-refractivity contribution in [1.29, 1.82) is 0 Å². The lowest BCUT2D eigenvalue weighted by molar-refractivity contribution is -0.144. The van der Waals surface area contributed by atoms with Crippen LogP contribution in [0.1, 0.15) is 48.1 Å². The van der Waals surface area contributed by atoms with Gasteiger partial charge in [0.05, 0.1) is 6.54 Å². The van der Waals surface area contributed by atoms with E-state index in [9.17, 15) is 14.4 Å². The summed E-state index contributed by atoms with van der Waals surface area (Å²) in [5.74, 6) is -0.781. The zero-order chi connectivity index (χ0) is 23.4. The van der Waals surface area contributed by atoms with Crippen molar-refractivity contribution in [3.63, 3.8) is 0 Å². The topological polar surface area (TPSA) is 78.5 Å². The third-order valence-corrected chi connectivity index (χ3v) is 6.23. The molecule has 1 aliphatic heterocycles. The first kappa shape index (κ1) is 23.5. The Hall–Kier alpha value is -3.15. The average molecular weight is 436 g/mol. The molecule has 3 rings (SSSR count). The van der Waals surface area contributed by atoms with Gasteiger partial charge in [0.25, 0.3) is 0 Å². The molecular formula is C26H33N3O3. The molecule has 32 heavy (non-hydrogen) atoms. The highest BCUT2D eigenvalue weighted by molar-refractivity contribution is 5.97. The second-order valence-corrected chi connectivity index (χ2v) is 8.80. The van der Waals surface area contributed by atoms with Crippen LogP contribution in [-0.2, 0) is 27.3 Å². The van der Waals surface area contributed by atoms with Gasteiger partial charge in [-0.2, -0.15) is 0 Å². The number of fused-ring (bicyclic) bond motifs is 1. The minimum Gasteiger partial charge on any atom is -0.345 e. The van der Waals surface area contributed by atoms with Gasteiger partial charge in [0.1, 0.15) is 6.04 Å². The second-order valence-electron chi connectivity index (χ2n) is 8.80. The lowest BCUT2D eigenvalue weighted by Crippen LogP contribution is -2.54. The first-order chi connectivity index (χ1) is 15.2. The van der Waals surface area contributed by atoms with Crippen LogP contribution in [0, 0.1) is 26.7 Å². The van der Waals surface area contributed by atoms with E-state index >= 15 is 0 Å². The zero-order valence-electron chi connectivity index (χ0n) is 19.6. The van der Waals surface area contributed by atoms with Gasteiger partial charge in [0, 0.05) is 24.6 Å². The number of amides is 3. The number of anilines is 1. The van der Waals surface area contributed by atoms with E-state index in [1.807, 2.05) is 71.0 Å². The van der Waals surface area contributed by atoms with Gasteiger partial charge < -0.3 is 15.5 Å². The number of benzene rings is 2. The van der Waals surface area contributed by atoms with Gasteiger partial charge in [-0.3, -0.25) is 14.4 Å². The molecule has 1 heterocycles. The Kier molecular flexibility index (Phi) is 7.33. The summed E-state index contributed by atoms with van der Waals surface area (Å²) >= 11 is 0. The van der Waals surface area contributed by atoms with Crippen LogP contribution in [0.2, 0.25) is 0 Å². The summed E-state index contributed by atoms with van der Waals surface area (Å²) in [5.41, 5.74) is 6.00. The molecule has 0 saturated carbocycles. The molecule has 0 aliphatic carbocycles. The van der Waals surface area contributed by atoms with E-state index in [1.165, 1.54) is 0 Å². The third-order valence-electron chi connectivity index (χ3n) is 6.23. The predicted octanol–water partition coefficient (Wildman–Crippen LogP) is 3.67. The van der Waals surface area contributed by atoms with Gasteiger partial charge in [0.15, 0.2) is 0 Å². The van der Waals surface area contributed by atoms with Crippen molar-refractivity contribution in [2.75, 3.05) is 11.9 Å². The van der Waals surface area contributed by atoms with E-state index < -0.39 is 6.04 Å². The van der Waals surface area contributed by atoms with E-state index in [4.69, 9.17) is 0 Å². The number of hydrogen-bond donors (Lipinski definition) is 2. The summed E-state index contributed by atoms with van der Waals surface area (Å²) in [6.07, 6.45) is 1.16.